The lowest BCUT2D eigenvalue weighted by molar-refractivity contribution is 0.102. The van der Waals surface area contributed by atoms with Gasteiger partial charge in [0, 0.05) is 25.0 Å². The molecule has 2 heterocycles. The number of hydrogen-bond donors (Lipinski definition) is 1. The van der Waals surface area contributed by atoms with Crippen LogP contribution in [-0.2, 0) is 7.05 Å². The van der Waals surface area contributed by atoms with Crippen LogP contribution in [0, 0.1) is 6.92 Å². The highest BCUT2D eigenvalue weighted by Gasteiger charge is 2.11. The maximum absolute atomic E-state index is 11.9. The second-order valence-electron chi connectivity index (χ2n) is 3.75. The normalized spacial score (nSPS) is 10.4. The van der Waals surface area contributed by atoms with Crippen molar-refractivity contribution in [2.24, 2.45) is 7.05 Å². The van der Waals surface area contributed by atoms with Gasteiger partial charge in [-0.15, -0.1) is 0 Å². The number of rotatable bonds is 2. The zero-order valence-electron chi connectivity index (χ0n) is 9.74. The van der Waals surface area contributed by atoms with Gasteiger partial charge in [-0.25, -0.2) is 4.98 Å². The molecular weight excluding hydrogens is 275 g/mol. The number of carbonyl (C=O) groups is 1. The van der Waals surface area contributed by atoms with Crippen LogP contribution in [0.2, 0.25) is 10.2 Å². The van der Waals surface area contributed by atoms with Crippen molar-refractivity contribution in [1.29, 1.82) is 0 Å². The Balaban J connectivity index is 2.19. The molecule has 2 aromatic heterocycles. The Morgan fingerprint density at radius 2 is 2.11 bits per heavy atom. The summed E-state index contributed by atoms with van der Waals surface area (Å²) in [6, 6.07) is 3.23. The number of aromatic nitrogens is 3. The number of aryl methyl sites for hydroxylation is 2. The Kier molecular flexibility index (Phi) is 3.54. The second kappa shape index (κ2) is 4.96. The van der Waals surface area contributed by atoms with E-state index in [0.29, 0.717) is 11.4 Å². The molecule has 0 saturated carbocycles. The lowest BCUT2D eigenvalue weighted by Crippen LogP contribution is -2.12. The first kappa shape index (κ1) is 12.9. The van der Waals surface area contributed by atoms with E-state index in [0.717, 1.165) is 5.69 Å². The molecule has 0 unspecified atom stereocenters. The highest BCUT2D eigenvalue weighted by molar-refractivity contribution is 6.41. The number of anilines is 1. The van der Waals surface area contributed by atoms with Gasteiger partial charge in [-0.1, -0.05) is 23.2 Å². The van der Waals surface area contributed by atoms with Crippen LogP contribution in [0.15, 0.2) is 18.3 Å². The molecule has 7 heteroatoms. The van der Waals surface area contributed by atoms with Crippen molar-refractivity contribution in [1.82, 2.24) is 14.8 Å². The summed E-state index contributed by atoms with van der Waals surface area (Å²) in [5.41, 5.74) is 1.27. The van der Waals surface area contributed by atoms with Gasteiger partial charge in [-0.05, 0) is 13.0 Å². The van der Waals surface area contributed by atoms with Gasteiger partial charge in [0.1, 0.15) is 5.15 Å². The quantitative estimate of drug-likeness (QED) is 0.863. The third-order valence-electron chi connectivity index (χ3n) is 2.41. The maximum Gasteiger partial charge on any atom is 0.258 e. The SMILES string of the molecule is Cc1cc(NC(=O)c2cnc(Cl)c(Cl)c2)nn1C. The van der Waals surface area contributed by atoms with Gasteiger partial charge in [0.15, 0.2) is 5.82 Å². The molecule has 0 radical (unpaired) electrons. The molecule has 0 fully saturated rings. The molecule has 0 aliphatic carbocycles. The van der Waals surface area contributed by atoms with E-state index in [1.165, 1.54) is 12.3 Å². The van der Waals surface area contributed by atoms with Crippen LogP contribution in [0.4, 0.5) is 5.82 Å². The lowest BCUT2D eigenvalue weighted by atomic mass is 10.2. The van der Waals surface area contributed by atoms with Gasteiger partial charge in [0.2, 0.25) is 0 Å². The Hall–Kier alpha value is -1.59. The second-order valence-corrected chi connectivity index (χ2v) is 4.51. The van der Waals surface area contributed by atoms with E-state index in [1.54, 1.807) is 17.8 Å². The van der Waals surface area contributed by atoms with Gasteiger partial charge in [-0.2, -0.15) is 5.10 Å². The van der Waals surface area contributed by atoms with Crippen LogP contribution < -0.4 is 5.32 Å². The van der Waals surface area contributed by atoms with E-state index in [1.807, 2.05) is 6.92 Å². The number of halogens is 2. The topological polar surface area (TPSA) is 59.8 Å². The lowest BCUT2D eigenvalue weighted by Gasteiger charge is -2.02. The number of pyridine rings is 1. The zero-order chi connectivity index (χ0) is 13.3. The summed E-state index contributed by atoms with van der Waals surface area (Å²) >= 11 is 11.5. The summed E-state index contributed by atoms with van der Waals surface area (Å²) in [7, 11) is 1.80. The number of hydrogen-bond acceptors (Lipinski definition) is 3. The first-order valence-corrected chi connectivity index (χ1v) is 5.86. The molecule has 0 aliphatic heterocycles. The third kappa shape index (κ3) is 2.63. The van der Waals surface area contributed by atoms with Crippen LogP contribution in [0.25, 0.3) is 0 Å². The molecule has 5 nitrogen and oxygen atoms in total. The zero-order valence-corrected chi connectivity index (χ0v) is 11.2. The van der Waals surface area contributed by atoms with Crippen molar-refractivity contribution >= 4 is 34.9 Å². The Morgan fingerprint density at radius 3 is 2.67 bits per heavy atom. The molecule has 2 rings (SSSR count). The van der Waals surface area contributed by atoms with Crippen LogP contribution in [0.1, 0.15) is 16.1 Å². The molecular formula is C11H10Cl2N4O. The number of nitrogens with one attached hydrogen (secondary N) is 1. The predicted octanol–water partition coefficient (Wildman–Crippen LogP) is 2.68. The van der Waals surface area contributed by atoms with Crippen molar-refractivity contribution in [2.45, 2.75) is 6.92 Å². The standard InChI is InChI=1S/C11H10Cl2N4O/c1-6-3-9(16-17(6)2)15-11(18)7-4-8(12)10(13)14-5-7/h3-5H,1-2H3,(H,15,16,18). The van der Waals surface area contributed by atoms with Crippen molar-refractivity contribution in [3.8, 4) is 0 Å². The molecule has 0 atom stereocenters. The predicted molar refractivity (Wildman–Crippen MR) is 70.2 cm³/mol. The molecule has 1 N–H and O–H groups in total. The largest absolute Gasteiger partial charge is 0.305 e. The van der Waals surface area contributed by atoms with Gasteiger partial charge >= 0.3 is 0 Å². The van der Waals surface area contributed by atoms with Gasteiger partial charge in [0.25, 0.3) is 5.91 Å². The average Bonchev–Trinajstić information content (AvgIpc) is 2.61. The van der Waals surface area contributed by atoms with E-state index in [9.17, 15) is 4.79 Å². The summed E-state index contributed by atoms with van der Waals surface area (Å²) in [6.45, 7) is 1.89. The molecule has 0 aliphatic rings. The monoisotopic (exact) mass is 284 g/mol. The Morgan fingerprint density at radius 1 is 1.39 bits per heavy atom. The number of amides is 1. The molecule has 2 aromatic rings. The summed E-state index contributed by atoms with van der Waals surface area (Å²) in [6.07, 6.45) is 1.36. The molecule has 1 amide bonds. The van der Waals surface area contributed by atoms with Gasteiger partial charge < -0.3 is 5.32 Å². The van der Waals surface area contributed by atoms with E-state index < -0.39 is 0 Å². The first-order chi connectivity index (χ1) is 8.47. The third-order valence-corrected chi connectivity index (χ3v) is 3.10. The summed E-state index contributed by atoms with van der Waals surface area (Å²) in [5, 5.41) is 7.18. The minimum Gasteiger partial charge on any atom is -0.305 e. The van der Waals surface area contributed by atoms with E-state index in [4.69, 9.17) is 23.2 Å². The van der Waals surface area contributed by atoms with Crippen LogP contribution in [0.3, 0.4) is 0 Å². The maximum atomic E-state index is 11.9. The van der Waals surface area contributed by atoms with Crippen LogP contribution in [0.5, 0.6) is 0 Å². The summed E-state index contributed by atoms with van der Waals surface area (Å²) in [5.74, 6) is 0.144. The Bertz CT molecular complexity index is 590. The summed E-state index contributed by atoms with van der Waals surface area (Å²) in [4.78, 5) is 15.7. The first-order valence-electron chi connectivity index (χ1n) is 5.10. The van der Waals surface area contributed by atoms with E-state index in [-0.39, 0.29) is 16.1 Å². The molecule has 94 valence electrons. The van der Waals surface area contributed by atoms with Crippen molar-refractivity contribution in [2.75, 3.05) is 5.32 Å². The van der Waals surface area contributed by atoms with E-state index in [2.05, 4.69) is 15.4 Å². The van der Waals surface area contributed by atoms with Crippen LogP contribution >= 0.6 is 23.2 Å². The number of carbonyl (C=O) groups excluding carboxylic acids is 1. The minimum absolute atomic E-state index is 0.168. The van der Waals surface area contributed by atoms with Gasteiger partial charge in [-0.3, -0.25) is 9.48 Å². The van der Waals surface area contributed by atoms with Crippen molar-refractivity contribution < 1.29 is 4.79 Å². The smallest absolute Gasteiger partial charge is 0.258 e. The Labute approximate surface area is 114 Å². The number of nitrogens with zero attached hydrogens (tertiary/aromatic N) is 3. The van der Waals surface area contributed by atoms with Gasteiger partial charge in [0.05, 0.1) is 10.6 Å². The highest BCUT2D eigenvalue weighted by Crippen LogP contribution is 2.20. The average molecular weight is 285 g/mol. The summed E-state index contributed by atoms with van der Waals surface area (Å²) < 4.78 is 1.67. The molecule has 0 aromatic carbocycles. The fourth-order valence-electron chi connectivity index (χ4n) is 1.36. The molecule has 0 saturated heterocycles. The van der Waals surface area contributed by atoms with E-state index >= 15 is 0 Å². The molecule has 18 heavy (non-hydrogen) atoms. The fraction of sp³-hybridized carbons (Fsp3) is 0.182. The molecule has 0 bridgehead atoms. The van der Waals surface area contributed by atoms with Crippen molar-refractivity contribution in [3.63, 3.8) is 0 Å². The van der Waals surface area contributed by atoms with Crippen LogP contribution in [-0.4, -0.2) is 20.7 Å². The molecule has 0 spiro atoms. The highest BCUT2D eigenvalue weighted by atomic mass is 35.5. The minimum atomic E-state index is -0.334. The van der Waals surface area contributed by atoms with Crippen molar-refractivity contribution in [3.05, 3.63) is 39.8 Å². The fourth-order valence-corrected chi connectivity index (χ4v) is 1.63.